The minimum absolute atomic E-state index is 0.0317. The van der Waals surface area contributed by atoms with Gasteiger partial charge >= 0.3 is 5.69 Å². The van der Waals surface area contributed by atoms with Gasteiger partial charge < -0.3 is 15.7 Å². The van der Waals surface area contributed by atoms with Crippen LogP contribution >= 0.6 is 0 Å². The number of nitrogen functional groups attached to an aromatic ring is 1. The van der Waals surface area contributed by atoms with E-state index >= 15 is 0 Å². The van der Waals surface area contributed by atoms with Gasteiger partial charge in [-0.25, -0.2) is 14.3 Å². The summed E-state index contributed by atoms with van der Waals surface area (Å²) in [6, 6.07) is 12.0. The van der Waals surface area contributed by atoms with Gasteiger partial charge in [-0.15, -0.1) is 0 Å². The number of carbonyl (C=O) groups excluding carboxylic acids is 1. The molecule has 4 N–H and O–H groups in total. The molecule has 4 rings (SSSR count). The lowest BCUT2D eigenvalue weighted by molar-refractivity contribution is 0.0903. The zero-order valence-electron chi connectivity index (χ0n) is 13.7. The number of H-pyrrole nitrogens is 2. The quantitative estimate of drug-likeness (QED) is 0.482. The number of aromatic nitrogens is 4. The van der Waals surface area contributed by atoms with E-state index < -0.39 is 11.6 Å². The number of nitrogens with two attached hydrogens (primary N) is 1. The zero-order chi connectivity index (χ0) is 18.3. The van der Waals surface area contributed by atoms with Gasteiger partial charge in [-0.05, 0) is 30.3 Å². The van der Waals surface area contributed by atoms with E-state index in [1.807, 2.05) is 6.07 Å². The zero-order valence-corrected chi connectivity index (χ0v) is 13.7. The summed E-state index contributed by atoms with van der Waals surface area (Å²) in [7, 11) is 0. The molecule has 0 spiro atoms. The normalized spacial score (nSPS) is 11.2. The van der Waals surface area contributed by atoms with E-state index in [1.165, 1.54) is 0 Å². The molecule has 0 atom stereocenters. The van der Waals surface area contributed by atoms with Gasteiger partial charge in [0.25, 0.3) is 5.56 Å². The number of nitrogens with zero attached hydrogens (tertiary/aromatic N) is 2. The molecular formula is C18H15N5O3. The van der Waals surface area contributed by atoms with Gasteiger partial charge in [-0.2, -0.15) is 0 Å². The molecule has 130 valence electrons. The van der Waals surface area contributed by atoms with Gasteiger partial charge in [0.1, 0.15) is 5.69 Å². The topological polar surface area (TPSA) is 127 Å². The minimum Gasteiger partial charge on any atom is -0.399 e. The van der Waals surface area contributed by atoms with Gasteiger partial charge in [0.2, 0.25) is 5.91 Å². The fourth-order valence-electron chi connectivity index (χ4n) is 2.94. The first-order valence-corrected chi connectivity index (χ1v) is 8.04. The van der Waals surface area contributed by atoms with Crippen LogP contribution in [-0.2, 0) is 6.42 Å². The van der Waals surface area contributed by atoms with Crippen LogP contribution in [0, 0.1) is 0 Å². The molecule has 0 bridgehead atoms. The van der Waals surface area contributed by atoms with Crippen molar-refractivity contribution in [2.75, 3.05) is 5.73 Å². The van der Waals surface area contributed by atoms with Crippen molar-refractivity contribution in [2.45, 2.75) is 12.8 Å². The standard InChI is InChI=1S/C18H15N5O3/c19-10-5-6-13-15(9-10)23(18(26)22-13)16(24)8-7-14-17(25)21-12-4-2-1-3-11(12)20-14/h1-6,9H,7-8,19H2,(H,21,25)(H,22,26). The summed E-state index contributed by atoms with van der Waals surface area (Å²) in [6.45, 7) is 0. The molecule has 26 heavy (non-hydrogen) atoms. The first-order valence-electron chi connectivity index (χ1n) is 8.04. The Labute approximate surface area is 146 Å². The molecule has 4 aromatic rings. The molecule has 2 aromatic heterocycles. The molecule has 2 aromatic carbocycles. The maximum Gasteiger partial charge on any atom is 0.333 e. The van der Waals surface area contributed by atoms with Crippen LogP contribution in [0.25, 0.3) is 22.1 Å². The maximum atomic E-state index is 12.6. The predicted octanol–water partition coefficient (Wildman–Crippen LogP) is 1.42. The van der Waals surface area contributed by atoms with Crippen LogP contribution in [0.5, 0.6) is 0 Å². The number of hydrogen-bond acceptors (Lipinski definition) is 5. The third-order valence-corrected chi connectivity index (χ3v) is 4.20. The van der Waals surface area contributed by atoms with Crippen LogP contribution in [0.2, 0.25) is 0 Å². The highest BCUT2D eigenvalue weighted by atomic mass is 16.2. The van der Waals surface area contributed by atoms with Gasteiger partial charge in [0.05, 0.1) is 22.1 Å². The van der Waals surface area contributed by atoms with E-state index in [4.69, 9.17) is 5.73 Å². The number of nitrogens with one attached hydrogen (secondary N) is 2. The highest BCUT2D eigenvalue weighted by Crippen LogP contribution is 2.15. The summed E-state index contributed by atoms with van der Waals surface area (Å²) in [6.07, 6.45) is 0.0938. The van der Waals surface area contributed by atoms with E-state index in [0.717, 1.165) is 4.57 Å². The van der Waals surface area contributed by atoms with Crippen LogP contribution in [0.15, 0.2) is 52.1 Å². The molecule has 8 nitrogen and oxygen atoms in total. The second-order valence-corrected chi connectivity index (χ2v) is 5.97. The molecule has 0 aliphatic rings. The van der Waals surface area contributed by atoms with Crippen molar-refractivity contribution in [1.82, 2.24) is 19.5 Å². The first-order chi connectivity index (χ1) is 12.5. The van der Waals surface area contributed by atoms with E-state index in [2.05, 4.69) is 15.0 Å². The van der Waals surface area contributed by atoms with Crippen molar-refractivity contribution >= 4 is 33.7 Å². The lowest BCUT2D eigenvalue weighted by Crippen LogP contribution is -2.25. The summed E-state index contributed by atoms with van der Waals surface area (Å²) in [5, 5.41) is 0. The molecule has 0 fully saturated rings. The number of rotatable bonds is 3. The molecule has 0 saturated carbocycles. The molecule has 0 unspecified atom stereocenters. The lowest BCUT2D eigenvalue weighted by Gasteiger charge is -2.04. The van der Waals surface area contributed by atoms with Crippen molar-refractivity contribution in [3.63, 3.8) is 0 Å². The molecular weight excluding hydrogens is 334 g/mol. The number of anilines is 1. The molecule has 0 aliphatic carbocycles. The number of aromatic amines is 2. The summed E-state index contributed by atoms with van der Waals surface area (Å²) < 4.78 is 1.04. The Balaban J connectivity index is 1.65. The van der Waals surface area contributed by atoms with Gasteiger partial charge in [0, 0.05) is 18.5 Å². The summed E-state index contributed by atoms with van der Waals surface area (Å²) in [5.74, 6) is -0.429. The predicted molar refractivity (Wildman–Crippen MR) is 98.3 cm³/mol. The average Bonchev–Trinajstić information content (AvgIpc) is 2.94. The largest absolute Gasteiger partial charge is 0.399 e. The van der Waals surface area contributed by atoms with Crippen LogP contribution in [0.3, 0.4) is 0 Å². The maximum absolute atomic E-state index is 12.6. The van der Waals surface area contributed by atoms with Crippen molar-refractivity contribution in [3.8, 4) is 0 Å². The third kappa shape index (κ3) is 2.67. The van der Waals surface area contributed by atoms with Crippen molar-refractivity contribution in [2.24, 2.45) is 0 Å². The monoisotopic (exact) mass is 349 g/mol. The highest BCUT2D eigenvalue weighted by Gasteiger charge is 2.15. The van der Waals surface area contributed by atoms with Crippen LogP contribution in [-0.4, -0.2) is 25.4 Å². The van der Waals surface area contributed by atoms with Gasteiger partial charge in [-0.3, -0.25) is 9.59 Å². The van der Waals surface area contributed by atoms with E-state index in [9.17, 15) is 14.4 Å². The number of hydrogen-bond donors (Lipinski definition) is 3. The second kappa shape index (κ2) is 5.99. The SMILES string of the molecule is Nc1ccc2[nH]c(=O)n(C(=O)CCc3nc4ccccc4[nH]c3=O)c2c1. The molecule has 0 radical (unpaired) electrons. The summed E-state index contributed by atoms with van der Waals surface area (Å²) in [4.78, 5) is 46.5. The fourth-order valence-corrected chi connectivity index (χ4v) is 2.94. The minimum atomic E-state index is -0.531. The Morgan fingerprint density at radius 1 is 1.08 bits per heavy atom. The van der Waals surface area contributed by atoms with Crippen LogP contribution in [0.1, 0.15) is 16.9 Å². The Morgan fingerprint density at radius 3 is 2.73 bits per heavy atom. The molecule has 0 saturated heterocycles. The van der Waals surface area contributed by atoms with E-state index in [0.29, 0.717) is 27.8 Å². The van der Waals surface area contributed by atoms with Crippen LogP contribution < -0.4 is 17.0 Å². The highest BCUT2D eigenvalue weighted by molar-refractivity contribution is 5.91. The second-order valence-electron chi connectivity index (χ2n) is 5.97. The number of benzene rings is 2. The molecule has 0 amide bonds. The smallest absolute Gasteiger partial charge is 0.333 e. The van der Waals surface area contributed by atoms with Crippen molar-refractivity contribution in [1.29, 1.82) is 0 Å². The van der Waals surface area contributed by atoms with Gasteiger partial charge in [0.15, 0.2) is 0 Å². The molecule has 2 heterocycles. The first kappa shape index (κ1) is 15.8. The van der Waals surface area contributed by atoms with Crippen LogP contribution in [0.4, 0.5) is 5.69 Å². The van der Waals surface area contributed by atoms with E-state index in [-0.39, 0.29) is 24.1 Å². The molecule has 0 aliphatic heterocycles. The lowest BCUT2D eigenvalue weighted by atomic mass is 10.2. The number of carbonyl (C=O) groups is 1. The van der Waals surface area contributed by atoms with Crippen molar-refractivity contribution in [3.05, 3.63) is 69.0 Å². The number of para-hydroxylation sites is 2. The Kier molecular flexibility index (Phi) is 3.65. The summed E-state index contributed by atoms with van der Waals surface area (Å²) >= 11 is 0. The average molecular weight is 349 g/mol. The number of fused-ring (bicyclic) bond motifs is 2. The van der Waals surface area contributed by atoms with E-state index in [1.54, 1.807) is 36.4 Å². The third-order valence-electron chi connectivity index (χ3n) is 4.20. The Bertz CT molecular complexity index is 1270. The molecule has 8 heteroatoms. The Hall–Kier alpha value is -3.68. The summed E-state index contributed by atoms with van der Waals surface area (Å²) in [5.41, 5.74) is 7.80. The fraction of sp³-hybridized carbons (Fsp3) is 0.111. The number of imidazole rings is 1. The number of aryl methyl sites for hydroxylation is 1. The van der Waals surface area contributed by atoms with Gasteiger partial charge in [-0.1, -0.05) is 12.1 Å². The van der Waals surface area contributed by atoms with Crippen molar-refractivity contribution < 1.29 is 4.79 Å². The Morgan fingerprint density at radius 2 is 1.88 bits per heavy atom.